The molecule has 4 nitrogen and oxygen atoms in total. The lowest BCUT2D eigenvalue weighted by atomic mass is 10.1. The van der Waals surface area contributed by atoms with Crippen LogP contribution in [0.25, 0.3) is 22.6 Å². The number of furan rings is 1. The third-order valence-corrected chi connectivity index (χ3v) is 4.52. The second-order valence-electron chi connectivity index (χ2n) is 6.36. The van der Waals surface area contributed by atoms with Gasteiger partial charge in [0, 0.05) is 6.54 Å². The average molecular weight is 358 g/mol. The molecule has 4 heteroatoms. The van der Waals surface area contributed by atoms with Gasteiger partial charge in [-0.1, -0.05) is 36.4 Å². The summed E-state index contributed by atoms with van der Waals surface area (Å²) in [5.41, 5.74) is 3.24. The van der Waals surface area contributed by atoms with Gasteiger partial charge in [0.25, 0.3) is 0 Å². The predicted molar refractivity (Wildman–Crippen MR) is 108 cm³/mol. The van der Waals surface area contributed by atoms with Crippen molar-refractivity contribution >= 4 is 11.0 Å². The smallest absolute Gasteiger partial charge is 0.177 e. The quantitative estimate of drug-likeness (QED) is 0.309. The number of imidazole rings is 1. The molecule has 2 aromatic heterocycles. The number of hydrogen-bond acceptors (Lipinski definition) is 3. The molecule has 0 saturated heterocycles. The Morgan fingerprint density at radius 1 is 1.04 bits per heavy atom. The van der Waals surface area contributed by atoms with Crippen LogP contribution in [0.3, 0.4) is 0 Å². The molecule has 4 aromatic rings. The second kappa shape index (κ2) is 7.96. The van der Waals surface area contributed by atoms with E-state index >= 15 is 0 Å². The van der Waals surface area contributed by atoms with E-state index in [1.165, 1.54) is 0 Å². The Balaban J connectivity index is 1.50. The van der Waals surface area contributed by atoms with Crippen LogP contribution in [0.2, 0.25) is 0 Å². The summed E-state index contributed by atoms with van der Waals surface area (Å²) in [7, 11) is 0. The van der Waals surface area contributed by atoms with Crippen LogP contribution in [0.1, 0.15) is 12.0 Å². The third-order valence-electron chi connectivity index (χ3n) is 4.52. The first kappa shape index (κ1) is 17.2. The van der Waals surface area contributed by atoms with E-state index in [-0.39, 0.29) is 0 Å². The third kappa shape index (κ3) is 3.65. The number of benzene rings is 2. The van der Waals surface area contributed by atoms with Crippen molar-refractivity contribution in [3.63, 3.8) is 0 Å². The maximum Gasteiger partial charge on any atom is 0.177 e. The van der Waals surface area contributed by atoms with Crippen LogP contribution in [0.4, 0.5) is 0 Å². The lowest BCUT2D eigenvalue weighted by Gasteiger charge is -2.12. The van der Waals surface area contributed by atoms with Gasteiger partial charge in [-0.2, -0.15) is 0 Å². The number of allylic oxidation sites excluding steroid dienone is 1. The van der Waals surface area contributed by atoms with Crippen molar-refractivity contribution in [1.82, 2.24) is 9.55 Å². The molecule has 0 N–H and O–H groups in total. The normalized spacial score (nSPS) is 11.0. The van der Waals surface area contributed by atoms with Gasteiger partial charge in [0.15, 0.2) is 11.6 Å². The average Bonchev–Trinajstić information content (AvgIpc) is 3.34. The topological polar surface area (TPSA) is 40.2 Å². The maximum absolute atomic E-state index is 6.03. The fraction of sp³-hybridized carbons (Fsp3) is 0.174. The fourth-order valence-corrected chi connectivity index (χ4v) is 3.27. The predicted octanol–water partition coefficient (Wildman–Crippen LogP) is 5.49. The molecule has 27 heavy (non-hydrogen) atoms. The van der Waals surface area contributed by atoms with Crippen LogP contribution in [-0.2, 0) is 13.0 Å². The van der Waals surface area contributed by atoms with E-state index in [4.69, 9.17) is 14.1 Å². The molecule has 0 aliphatic heterocycles. The summed E-state index contributed by atoms with van der Waals surface area (Å²) in [6.45, 7) is 5.26. The number of aromatic nitrogens is 2. The number of ether oxygens (including phenoxy) is 1. The molecule has 0 aliphatic carbocycles. The van der Waals surface area contributed by atoms with Crippen LogP contribution < -0.4 is 4.74 Å². The van der Waals surface area contributed by atoms with Crippen molar-refractivity contribution in [3.05, 3.63) is 85.1 Å². The molecule has 0 fully saturated rings. The molecule has 0 unspecified atom stereocenters. The van der Waals surface area contributed by atoms with Crippen molar-refractivity contribution in [2.45, 2.75) is 19.4 Å². The van der Waals surface area contributed by atoms with Crippen LogP contribution in [0, 0.1) is 0 Å². The van der Waals surface area contributed by atoms with Crippen LogP contribution in [0.15, 0.2) is 84.0 Å². The van der Waals surface area contributed by atoms with Crippen LogP contribution in [0.5, 0.6) is 5.75 Å². The Bertz CT molecular complexity index is 1030. The van der Waals surface area contributed by atoms with Crippen LogP contribution in [-0.4, -0.2) is 16.2 Å². The first-order valence-electron chi connectivity index (χ1n) is 9.17. The minimum Gasteiger partial charge on any atom is -0.493 e. The number of nitrogens with zero attached hydrogens (tertiary/aromatic N) is 2. The van der Waals surface area contributed by atoms with Crippen molar-refractivity contribution in [2.24, 2.45) is 0 Å². The molecule has 4 rings (SSSR count). The van der Waals surface area contributed by atoms with Gasteiger partial charge in [-0.3, -0.25) is 0 Å². The summed E-state index contributed by atoms with van der Waals surface area (Å²) in [5.74, 6) is 2.57. The largest absolute Gasteiger partial charge is 0.493 e. The van der Waals surface area contributed by atoms with Gasteiger partial charge in [0.1, 0.15) is 5.75 Å². The van der Waals surface area contributed by atoms with E-state index in [1.54, 1.807) is 6.26 Å². The molecular formula is C23H22N2O2. The molecule has 0 atom stereocenters. The van der Waals surface area contributed by atoms with Gasteiger partial charge in [0.05, 0.1) is 23.9 Å². The number of rotatable bonds is 8. The Morgan fingerprint density at radius 3 is 2.74 bits per heavy atom. The van der Waals surface area contributed by atoms with Gasteiger partial charge in [0.2, 0.25) is 0 Å². The highest BCUT2D eigenvalue weighted by molar-refractivity contribution is 5.79. The minimum atomic E-state index is 0.637. The Kier molecular flexibility index (Phi) is 5.06. The lowest BCUT2D eigenvalue weighted by Crippen LogP contribution is -2.06. The summed E-state index contributed by atoms with van der Waals surface area (Å²) in [6.07, 6.45) is 5.26. The number of para-hydroxylation sites is 3. The second-order valence-corrected chi connectivity index (χ2v) is 6.36. The summed E-state index contributed by atoms with van der Waals surface area (Å²) in [5, 5.41) is 0. The van der Waals surface area contributed by atoms with Gasteiger partial charge in [-0.25, -0.2) is 4.98 Å². The van der Waals surface area contributed by atoms with Crippen molar-refractivity contribution in [1.29, 1.82) is 0 Å². The molecular weight excluding hydrogens is 336 g/mol. The minimum absolute atomic E-state index is 0.637. The van der Waals surface area contributed by atoms with Crippen molar-refractivity contribution in [2.75, 3.05) is 6.61 Å². The van der Waals surface area contributed by atoms with E-state index < -0.39 is 0 Å². The first-order valence-corrected chi connectivity index (χ1v) is 9.17. The highest BCUT2D eigenvalue weighted by Gasteiger charge is 2.14. The van der Waals surface area contributed by atoms with E-state index in [0.29, 0.717) is 6.61 Å². The standard InChI is InChI=1S/C23H22N2O2/c1-2-9-18-10-3-6-13-21(18)26-17-8-15-25-20-12-5-4-11-19(20)24-23(25)22-14-7-16-27-22/h2-7,10-14,16H,1,8-9,15,17H2. The lowest BCUT2D eigenvalue weighted by molar-refractivity contribution is 0.300. The van der Waals surface area contributed by atoms with E-state index in [0.717, 1.165) is 53.3 Å². The zero-order chi connectivity index (χ0) is 18.5. The molecule has 2 heterocycles. The summed E-state index contributed by atoms with van der Waals surface area (Å²) < 4.78 is 13.8. The summed E-state index contributed by atoms with van der Waals surface area (Å²) in [4.78, 5) is 4.75. The van der Waals surface area contributed by atoms with Gasteiger partial charge in [-0.05, 0) is 48.7 Å². The molecule has 0 bridgehead atoms. The molecule has 0 amide bonds. The SMILES string of the molecule is C=CCc1ccccc1OCCCn1c(-c2ccco2)nc2ccccc21. The van der Waals surface area contributed by atoms with Crippen molar-refractivity contribution in [3.8, 4) is 17.3 Å². The van der Waals surface area contributed by atoms with Gasteiger partial charge < -0.3 is 13.7 Å². The molecule has 0 saturated carbocycles. The highest BCUT2D eigenvalue weighted by atomic mass is 16.5. The van der Waals surface area contributed by atoms with E-state index in [2.05, 4.69) is 23.3 Å². The van der Waals surface area contributed by atoms with E-state index in [9.17, 15) is 0 Å². The maximum atomic E-state index is 6.03. The van der Waals surface area contributed by atoms with Gasteiger partial charge in [-0.15, -0.1) is 6.58 Å². The fourth-order valence-electron chi connectivity index (χ4n) is 3.27. The number of fused-ring (bicyclic) bond motifs is 1. The molecule has 0 spiro atoms. The number of aryl methyl sites for hydroxylation is 1. The summed E-state index contributed by atoms with van der Waals surface area (Å²) in [6, 6.07) is 20.1. The van der Waals surface area contributed by atoms with Crippen LogP contribution >= 0.6 is 0 Å². The summed E-state index contributed by atoms with van der Waals surface area (Å²) >= 11 is 0. The zero-order valence-corrected chi connectivity index (χ0v) is 15.2. The van der Waals surface area contributed by atoms with Gasteiger partial charge >= 0.3 is 0 Å². The first-order chi connectivity index (χ1) is 13.4. The Morgan fingerprint density at radius 2 is 1.89 bits per heavy atom. The Hall–Kier alpha value is -3.27. The molecule has 2 aromatic carbocycles. The molecule has 0 radical (unpaired) electrons. The van der Waals surface area contributed by atoms with Crippen molar-refractivity contribution < 1.29 is 9.15 Å². The monoisotopic (exact) mass is 358 g/mol. The highest BCUT2D eigenvalue weighted by Crippen LogP contribution is 2.25. The molecule has 136 valence electrons. The number of hydrogen-bond donors (Lipinski definition) is 0. The zero-order valence-electron chi connectivity index (χ0n) is 15.2. The molecule has 0 aliphatic rings. The van der Waals surface area contributed by atoms with E-state index in [1.807, 2.05) is 54.6 Å². The Labute approximate surface area is 158 Å².